The lowest BCUT2D eigenvalue weighted by molar-refractivity contribution is 0.311. The number of halogens is 2. The van der Waals surface area contributed by atoms with E-state index in [-0.39, 0.29) is 11.7 Å². The van der Waals surface area contributed by atoms with Crippen LogP contribution in [0.3, 0.4) is 0 Å². The molecule has 0 aromatic carbocycles. The van der Waals surface area contributed by atoms with Gasteiger partial charge in [0.2, 0.25) is 0 Å². The van der Waals surface area contributed by atoms with Crippen LogP contribution in [0.4, 0.5) is 8.78 Å². The molecule has 10 heavy (non-hydrogen) atoms. The Morgan fingerprint density at radius 3 is 2.60 bits per heavy atom. The van der Waals surface area contributed by atoms with E-state index in [2.05, 4.69) is 0 Å². The van der Waals surface area contributed by atoms with Gasteiger partial charge in [-0.05, 0) is 24.6 Å². The van der Waals surface area contributed by atoms with E-state index >= 15 is 0 Å². The van der Waals surface area contributed by atoms with Gasteiger partial charge in [0.1, 0.15) is 12.0 Å². The summed E-state index contributed by atoms with van der Waals surface area (Å²) in [5.41, 5.74) is 0.479. The topological polar surface area (TPSA) is 0 Å². The highest BCUT2D eigenvalue weighted by Gasteiger charge is 2.20. The van der Waals surface area contributed by atoms with Gasteiger partial charge >= 0.3 is 0 Å². The maximum atomic E-state index is 12.9. The average molecular weight is 144 g/mol. The van der Waals surface area contributed by atoms with Crippen molar-refractivity contribution in [3.8, 4) is 0 Å². The van der Waals surface area contributed by atoms with Crippen molar-refractivity contribution in [1.82, 2.24) is 0 Å². The summed E-state index contributed by atoms with van der Waals surface area (Å²) in [6.07, 6.45) is 1.54. The highest BCUT2D eigenvalue weighted by molar-refractivity contribution is 5.26. The van der Waals surface area contributed by atoms with E-state index in [1.807, 2.05) is 0 Å². The fraction of sp³-hybridized carbons (Fsp3) is 0.500. The van der Waals surface area contributed by atoms with Crippen molar-refractivity contribution >= 4 is 0 Å². The first kappa shape index (κ1) is 7.45. The van der Waals surface area contributed by atoms with Crippen molar-refractivity contribution in [2.24, 2.45) is 5.92 Å². The molecule has 2 atom stereocenters. The molecule has 0 N–H and O–H groups in total. The third-order valence-corrected chi connectivity index (χ3v) is 1.68. The van der Waals surface area contributed by atoms with Crippen molar-refractivity contribution in [3.05, 3.63) is 23.6 Å². The summed E-state index contributed by atoms with van der Waals surface area (Å²) in [6, 6.07) is 0. The number of hydrogen-bond acceptors (Lipinski definition) is 0. The Morgan fingerprint density at radius 2 is 2.10 bits per heavy atom. The molecule has 0 amide bonds. The number of allylic oxidation sites excluding steroid dienone is 4. The van der Waals surface area contributed by atoms with E-state index in [0.29, 0.717) is 5.57 Å². The molecule has 0 aromatic heterocycles. The van der Waals surface area contributed by atoms with Crippen LogP contribution in [0, 0.1) is 5.92 Å². The van der Waals surface area contributed by atoms with Gasteiger partial charge in [0.15, 0.2) is 0 Å². The second kappa shape index (κ2) is 2.52. The van der Waals surface area contributed by atoms with Crippen LogP contribution in [0.25, 0.3) is 0 Å². The van der Waals surface area contributed by atoms with Gasteiger partial charge < -0.3 is 0 Å². The van der Waals surface area contributed by atoms with Crippen molar-refractivity contribution in [2.75, 3.05) is 0 Å². The SMILES string of the molecule is CC1=CC(F)=CC(C)C1F. The summed E-state index contributed by atoms with van der Waals surface area (Å²) in [5, 5.41) is 0. The van der Waals surface area contributed by atoms with E-state index < -0.39 is 6.17 Å². The monoisotopic (exact) mass is 144 g/mol. The molecule has 2 heteroatoms. The number of alkyl halides is 1. The summed E-state index contributed by atoms with van der Waals surface area (Å²) < 4.78 is 25.3. The molecule has 1 aliphatic carbocycles. The van der Waals surface area contributed by atoms with E-state index in [4.69, 9.17) is 0 Å². The molecule has 2 unspecified atom stereocenters. The van der Waals surface area contributed by atoms with Gasteiger partial charge in [0.25, 0.3) is 0 Å². The largest absolute Gasteiger partial charge is 0.242 e. The van der Waals surface area contributed by atoms with Gasteiger partial charge in [-0.25, -0.2) is 8.78 Å². The first-order valence-electron chi connectivity index (χ1n) is 3.31. The smallest absolute Gasteiger partial charge is 0.127 e. The molecule has 0 aliphatic heterocycles. The molecule has 56 valence electrons. The zero-order chi connectivity index (χ0) is 7.72. The second-order valence-corrected chi connectivity index (χ2v) is 2.70. The minimum absolute atomic E-state index is 0.315. The van der Waals surface area contributed by atoms with Crippen LogP contribution in [-0.4, -0.2) is 6.17 Å². The molecule has 0 radical (unpaired) electrons. The van der Waals surface area contributed by atoms with E-state index in [1.165, 1.54) is 12.2 Å². The molecule has 0 saturated carbocycles. The Morgan fingerprint density at radius 1 is 1.50 bits per heavy atom. The molecule has 0 aromatic rings. The van der Waals surface area contributed by atoms with Gasteiger partial charge in [-0.3, -0.25) is 0 Å². The van der Waals surface area contributed by atoms with Crippen molar-refractivity contribution in [1.29, 1.82) is 0 Å². The van der Waals surface area contributed by atoms with Crippen LogP contribution in [0.2, 0.25) is 0 Å². The number of rotatable bonds is 0. The zero-order valence-corrected chi connectivity index (χ0v) is 6.07. The normalized spacial score (nSPS) is 33.2. The fourth-order valence-electron chi connectivity index (χ4n) is 1.10. The van der Waals surface area contributed by atoms with Gasteiger partial charge in [-0.2, -0.15) is 0 Å². The van der Waals surface area contributed by atoms with E-state index in [9.17, 15) is 8.78 Å². The molecule has 0 spiro atoms. The molecule has 0 fully saturated rings. The Labute approximate surface area is 59.2 Å². The van der Waals surface area contributed by atoms with Crippen LogP contribution >= 0.6 is 0 Å². The van der Waals surface area contributed by atoms with Gasteiger partial charge in [-0.1, -0.05) is 6.92 Å². The first-order valence-corrected chi connectivity index (χ1v) is 3.31. The maximum absolute atomic E-state index is 12.9. The van der Waals surface area contributed by atoms with Gasteiger partial charge in [-0.15, -0.1) is 0 Å². The molecule has 0 heterocycles. The van der Waals surface area contributed by atoms with Crippen molar-refractivity contribution in [2.45, 2.75) is 20.0 Å². The lowest BCUT2D eigenvalue weighted by atomic mass is 9.94. The van der Waals surface area contributed by atoms with Gasteiger partial charge in [0.05, 0.1) is 0 Å². The predicted molar refractivity (Wildman–Crippen MR) is 37.0 cm³/mol. The summed E-state index contributed by atoms with van der Waals surface area (Å²) in [4.78, 5) is 0. The minimum Gasteiger partial charge on any atom is -0.242 e. The van der Waals surface area contributed by atoms with E-state index in [1.54, 1.807) is 13.8 Å². The van der Waals surface area contributed by atoms with E-state index in [0.717, 1.165) is 0 Å². The zero-order valence-electron chi connectivity index (χ0n) is 6.07. The van der Waals surface area contributed by atoms with Crippen molar-refractivity contribution < 1.29 is 8.78 Å². The fourth-order valence-corrected chi connectivity index (χ4v) is 1.10. The summed E-state index contributed by atoms with van der Waals surface area (Å²) >= 11 is 0. The molecular weight excluding hydrogens is 134 g/mol. The third kappa shape index (κ3) is 1.25. The second-order valence-electron chi connectivity index (χ2n) is 2.70. The van der Waals surface area contributed by atoms with Gasteiger partial charge in [0, 0.05) is 5.92 Å². The average Bonchev–Trinajstić information content (AvgIpc) is 1.82. The van der Waals surface area contributed by atoms with Crippen LogP contribution in [-0.2, 0) is 0 Å². The van der Waals surface area contributed by atoms with Crippen molar-refractivity contribution in [3.63, 3.8) is 0 Å². The maximum Gasteiger partial charge on any atom is 0.127 e. The molecular formula is C8H10F2. The summed E-state index contributed by atoms with van der Waals surface area (Å²) in [5.74, 6) is -0.635. The summed E-state index contributed by atoms with van der Waals surface area (Å²) in [6.45, 7) is 3.27. The third-order valence-electron chi connectivity index (χ3n) is 1.68. The molecule has 1 rings (SSSR count). The minimum atomic E-state index is -1.00. The van der Waals surface area contributed by atoms with Crippen LogP contribution in [0.15, 0.2) is 23.6 Å². The standard InChI is InChI=1S/C8H10F2/c1-5-3-7(9)4-6(2)8(5)10/h3-5,8H,1-2H3. The molecule has 0 saturated heterocycles. The number of hydrogen-bond donors (Lipinski definition) is 0. The Balaban J connectivity index is 2.85. The summed E-state index contributed by atoms with van der Waals surface area (Å²) in [7, 11) is 0. The highest BCUT2D eigenvalue weighted by atomic mass is 19.1. The lowest BCUT2D eigenvalue weighted by Gasteiger charge is -2.17. The Kier molecular flexibility index (Phi) is 1.88. The highest BCUT2D eigenvalue weighted by Crippen LogP contribution is 2.25. The van der Waals surface area contributed by atoms with Crippen LogP contribution < -0.4 is 0 Å². The molecule has 1 aliphatic rings. The van der Waals surface area contributed by atoms with Crippen LogP contribution in [0.5, 0.6) is 0 Å². The lowest BCUT2D eigenvalue weighted by Crippen LogP contribution is -2.15. The first-order chi connectivity index (χ1) is 4.61. The Hall–Kier alpha value is -0.660. The van der Waals surface area contributed by atoms with Crippen LogP contribution in [0.1, 0.15) is 13.8 Å². The quantitative estimate of drug-likeness (QED) is 0.490. The molecule has 0 bridgehead atoms. The molecule has 0 nitrogen and oxygen atoms in total. The Bertz CT molecular complexity index is 191. The predicted octanol–water partition coefficient (Wildman–Crippen LogP) is 2.77.